The molecular formula is C18H22ClFN4O2. The Balaban J connectivity index is 2.15. The number of nitrogens with two attached hydrogens (primary N) is 1. The molecule has 0 amide bonds. The van der Waals surface area contributed by atoms with E-state index in [0.717, 1.165) is 23.0 Å². The average molecular weight is 381 g/mol. The second-order valence-electron chi connectivity index (χ2n) is 6.77. The van der Waals surface area contributed by atoms with Gasteiger partial charge >= 0.3 is 5.69 Å². The Bertz CT molecular complexity index is 953. The second-order valence-corrected chi connectivity index (χ2v) is 7.15. The lowest BCUT2D eigenvalue weighted by Crippen LogP contribution is -2.47. The Labute approximate surface area is 155 Å². The Morgan fingerprint density at radius 3 is 2.77 bits per heavy atom. The molecule has 1 aromatic carbocycles. The lowest BCUT2D eigenvalue weighted by atomic mass is 10.1. The molecule has 0 saturated carbocycles. The van der Waals surface area contributed by atoms with Gasteiger partial charge in [0.15, 0.2) is 0 Å². The van der Waals surface area contributed by atoms with Gasteiger partial charge in [-0.3, -0.25) is 13.9 Å². The summed E-state index contributed by atoms with van der Waals surface area (Å²) in [6, 6.07) is 4.30. The van der Waals surface area contributed by atoms with Gasteiger partial charge in [-0.15, -0.1) is 0 Å². The molecule has 2 aromatic rings. The minimum Gasteiger partial charge on any atom is -0.356 e. The van der Waals surface area contributed by atoms with Crippen LogP contribution in [0.3, 0.4) is 0 Å². The van der Waals surface area contributed by atoms with Gasteiger partial charge in [-0.25, -0.2) is 9.18 Å². The molecule has 0 spiro atoms. The highest BCUT2D eigenvalue weighted by atomic mass is 35.5. The number of benzene rings is 1. The molecular weight excluding hydrogens is 359 g/mol. The number of nitrogens with zero attached hydrogens (tertiary/aromatic N) is 3. The van der Waals surface area contributed by atoms with Crippen molar-refractivity contribution >= 4 is 17.4 Å². The first-order valence-electron chi connectivity index (χ1n) is 8.54. The number of anilines is 1. The summed E-state index contributed by atoms with van der Waals surface area (Å²) in [5.41, 5.74) is 6.08. The lowest BCUT2D eigenvalue weighted by molar-refractivity contribution is 0.490. The van der Waals surface area contributed by atoms with Crippen molar-refractivity contribution < 1.29 is 4.39 Å². The van der Waals surface area contributed by atoms with Crippen LogP contribution < -0.4 is 21.9 Å². The standard InChI is InChI=1S/C18H22ClFN4O2/c1-11-5-6-14(20)13(17(11)19)10-24-15(8-16(25)22(2)18(24)26)23-7-3-4-12(21)9-23/h5-6,8,12H,3-4,7,9-10,21H2,1-2H3/t12-/m1/s1. The molecule has 1 aromatic heterocycles. The zero-order valence-corrected chi connectivity index (χ0v) is 15.6. The van der Waals surface area contributed by atoms with Crippen molar-refractivity contribution in [3.05, 3.63) is 61.0 Å². The fourth-order valence-electron chi connectivity index (χ4n) is 3.31. The fourth-order valence-corrected chi connectivity index (χ4v) is 3.52. The maximum atomic E-state index is 14.4. The van der Waals surface area contributed by atoms with Gasteiger partial charge in [-0.05, 0) is 31.4 Å². The number of rotatable bonds is 3. The second kappa shape index (κ2) is 7.25. The van der Waals surface area contributed by atoms with Crippen molar-refractivity contribution in [1.82, 2.24) is 9.13 Å². The monoisotopic (exact) mass is 380 g/mol. The minimum atomic E-state index is -0.511. The largest absolute Gasteiger partial charge is 0.356 e. The van der Waals surface area contributed by atoms with E-state index in [-0.39, 0.29) is 23.2 Å². The number of piperidine rings is 1. The van der Waals surface area contributed by atoms with Crippen molar-refractivity contribution in [3.63, 3.8) is 0 Å². The zero-order chi connectivity index (χ0) is 19.0. The molecule has 140 valence electrons. The van der Waals surface area contributed by atoms with Gasteiger partial charge in [0.2, 0.25) is 0 Å². The van der Waals surface area contributed by atoms with Crippen molar-refractivity contribution in [2.75, 3.05) is 18.0 Å². The van der Waals surface area contributed by atoms with Gasteiger partial charge in [-0.1, -0.05) is 17.7 Å². The maximum absolute atomic E-state index is 14.4. The maximum Gasteiger partial charge on any atom is 0.332 e. The molecule has 0 unspecified atom stereocenters. The summed E-state index contributed by atoms with van der Waals surface area (Å²) in [5, 5.41) is 0.284. The summed E-state index contributed by atoms with van der Waals surface area (Å²) in [4.78, 5) is 26.8. The quantitative estimate of drug-likeness (QED) is 0.878. The van der Waals surface area contributed by atoms with E-state index in [1.54, 1.807) is 13.0 Å². The van der Waals surface area contributed by atoms with Crippen LogP contribution in [0.1, 0.15) is 24.0 Å². The molecule has 0 aliphatic carbocycles. The highest BCUT2D eigenvalue weighted by molar-refractivity contribution is 6.32. The molecule has 2 heterocycles. The van der Waals surface area contributed by atoms with E-state index in [1.807, 2.05) is 4.90 Å². The molecule has 8 heteroatoms. The van der Waals surface area contributed by atoms with Gasteiger partial charge in [0, 0.05) is 37.8 Å². The molecule has 1 atom stereocenters. The van der Waals surface area contributed by atoms with Crippen LogP contribution in [0.25, 0.3) is 0 Å². The van der Waals surface area contributed by atoms with Gasteiger partial charge < -0.3 is 10.6 Å². The predicted octanol–water partition coefficient (Wildman–Crippen LogP) is 1.62. The molecule has 2 N–H and O–H groups in total. The molecule has 26 heavy (non-hydrogen) atoms. The molecule has 1 fully saturated rings. The molecule has 0 radical (unpaired) electrons. The Morgan fingerprint density at radius 1 is 1.35 bits per heavy atom. The van der Waals surface area contributed by atoms with Crippen LogP contribution in [0.2, 0.25) is 5.02 Å². The Kier molecular flexibility index (Phi) is 5.20. The SMILES string of the molecule is Cc1ccc(F)c(Cn2c(N3CCC[C@@H](N)C3)cc(=O)n(C)c2=O)c1Cl. The topological polar surface area (TPSA) is 73.3 Å². The van der Waals surface area contributed by atoms with Crippen LogP contribution in [-0.4, -0.2) is 28.3 Å². The number of halogens is 2. The number of aromatic nitrogens is 2. The third kappa shape index (κ3) is 3.41. The van der Waals surface area contributed by atoms with E-state index in [1.165, 1.54) is 23.7 Å². The summed E-state index contributed by atoms with van der Waals surface area (Å²) in [6.45, 7) is 2.95. The van der Waals surface area contributed by atoms with Crippen LogP contribution in [0, 0.1) is 12.7 Å². The summed E-state index contributed by atoms with van der Waals surface area (Å²) in [5.74, 6) is -0.0344. The van der Waals surface area contributed by atoms with Gasteiger partial charge in [0.25, 0.3) is 5.56 Å². The number of aryl methyl sites for hydroxylation is 1. The lowest BCUT2D eigenvalue weighted by Gasteiger charge is -2.34. The minimum absolute atomic E-state index is 0.0318. The van der Waals surface area contributed by atoms with E-state index in [9.17, 15) is 14.0 Å². The van der Waals surface area contributed by atoms with Crippen LogP contribution >= 0.6 is 11.6 Å². The number of hydrogen-bond acceptors (Lipinski definition) is 4. The van der Waals surface area contributed by atoms with E-state index in [0.29, 0.717) is 18.9 Å². The predicted molar refractivity (Wildman–Crippen MR) is 101 cm³/mol. The Morgan fingerprint density at radius 2 is 2.08 bits per heavy atom. The molecule has 1 aliphatic heterocycles. The van der Waals surface area contributed by atoms with Crippen LogP contribution in [-0.2, 0) is 13.6 Å². The molecule has 1 saturated heterocycles. The van der Waals surface area contributed by atoms with Gasteiger partial charge in [-0.2, -0.15) is 0 Å². The molecule has 3 rings (SSSR count). The zero-order valence-electron chi connectivity index (χ0n) is 14.8. The van der Waals surface area contributed by atoms with Crippen molar-refractivity contribution in [3.8, 4) is 0 Å². The Hall–Kier alpha value is -2.12. The van der Waals surface area contributed by atoms with Crippen molar-refractivity contribution in [1.29, 1.82) is 0 Å². The summed E-state index contributed by atoms with van der Waals surface area (Å²) in [7, 11) is 1.40. The number of hydrogen-bond donors (Lipinski definition) is 1. The van der Waals surface area contributed by atoms with Crippen molar-refractivity contribution in [2.24, 2.45) is 12.8 Å². The third-order valence-corrected chi connectivity index (χ3v) is 5.38. The van der Waals surface area contributed by atoms with Crippen LogP contribution in [0.15, 0.2) is 27.8 Å². The highest BCUT2D eigenvalue weighted by Crippen LogP contribution is 2.26. The average Bonchev–Trinajstić information content (AvgIpc) is 2.61. The molecule has 6 nitrogen and oxygen atoms in total. The summed E-state index contributed by atoms with van der Waals surface area (Å²) < 4.78 is 16.8. The normalized spacial score (nSPS) is 17.6. The van der Waals surface area contributed by atoms with E-state index in [4.69, 9.17) is 17.3 Å². The van der Waals surface area contributed by atoms with E-state index >= 15 is 0 Å². The fraction of sp³-hybridized carbons (Fsp3) is 0.444. The smallest absolute Gasteiger partial charge is 0.332 e. The van der Waals surface area contributed by atoms with E-state index in [2.05, 4.69) is 0 Å². The third-order valence-electron chi connectivity index (χ3n) is 4.85. The van der Waals surface area contributed by atoms with Gasteiger partial charge in [0.1, 0.15) is 11.6 Å². The molecule has 0 bridgehead atoms. The first-order valence-corrected chi connectivity index (χ1v) is 8.92. The van der Waals surface area contributed by atoms with Crippen LogP contribution in [0.5, 0.6) is 0 Å². The first kappa shape index (κ1) is 18.7. The highest BCUT2D eigenvalue weighted by Gasteiger charge is 2.23. The van der Waals surface area contributed by atoms with Crippen molar-refractivity contribution in [2.45, 2.75) is 32.4 Å². The van der Waals surface area contributed by atoms with E-state index < -0.39 is 17.1 Å². The van der Waals surface area contributed by atoms with Crippen LogP contribution in [0.4, 0.5) is 10.2 Å². The summed E-state index contributed by atoms with van der Waals surface area (Å²) >= 11 is 6.28. The first-order chi connectivity index (χ1) is 12.3. The van der Waals surface area contributed by atoms with Gasteiger partial charge in [0.05, 0.1) is 11.6 Å². The summed E-state index contributed by atoms with van der Waals surface area (Å²) in [6.07, 6.45) is 1.76. The molecule has 1 aliphatic rings.